The van der Waals surface area contributed by atoms with Gasteiger partial charge in [0.15, 0.2) is 5.16 Å². The second-order valence-corrected chi connectivity index (χ2v) is 9.86. The summed E-state index contributed by atoms with van der Waals surface area (Å²) in [4.78, 5) is 32.9. The predicted octanol–water partition coefficient (Wildman–Crippen LogP) is 4.71. The Kier molecular flexibility index (Phi) is 7.38. The van der Waals surface area contributed by atoms with Gasteiger partial charge in [-0.15, -0.1) is 0 Å². The Labute approximate surface area is 177 Å². The molecular weight excluding hydrogens is 382 g/mol. The smallest absolute Gasteiger partial charge is 0.262 e. The molecule has 29 heavy (non-hydrogen) atoms. The molecule has 1 atom stereocenters. The Morgan fingerprint density at radius 1 is 1.21 bits per heavy atom. The van der Waals surface area contributed by atoms with Crippen molar-refractivity contribution < 1.29 is 4.79 Å². The summed E-state index contributed by atoms with van der Waals surface area (Å²) in [5.74, 6) is 0.613. The number of rotatable bonds is 7. The van der Waals surface area contributed by atoms with E-state index in [4.69, 9.17) is 4.98 Å². The molecule has 6 heteroatoms. The summed E-state index contributed by atoms with van der Waals surface area (Å²) in [5.41, 5.74) is 0.681. The van der Waals surface area contributed by atoms with Crippen LogP contribution in [0.15, 0.2) is 34.2 Å². The normalized spacial score (nSPS) is 16.3. The van der Waals surface area contributed by atoms with E-state index in [9.17, 15) is 9.59 Å². The fourth-order valence-corrected chi connectivity index (χ4v) is 5.00. The van der Waals surface area contributed by atoms with Crippen LogP contribution in [0.4, 0.5) is 0 Å². The zero-order valence-electron chi connectivity index (χ0n) is 18.1. The van der Waals surface area contributed by atoms with Crippen LogP contribution in [-0.4, -0.2) is 38.7 Å². The van der Waals surface area contributed by atoms with Gasteiger partial charge >= 0.3 is 0 Å². The van der Waals surface area contributed by atoms with Crippen LogP contribution in [-0.2, 0) is 11.3 Å². The number of nitrogens with zero attached hydrogens (tertiary/aromatic N) is 3. The van der Waals surface area contributed by atoms with E-state index in [1.54, 1.807) is 4.57 Å². The quantitative estimate of drug-likeness (QED) is 0.485. The molecule has 1 heterocycles. The SMILES string of the molecule is CC(C)CCn1c(SC(C)C(=O)N(C)C2CCCCC2)nc2ccccc2c1=O. The number of carbonyl (C=O) groups is 1. The Morgan fingerprint density at radius 3 is 2.59 bits per heavy atom. The molecule has 1 fully saturated rings. The molecule has 158 valence electrons. The fraction of sp³-hybridized carbons (Fsp3) is 0.609. The lowest BCUT2D eigenvalue weighted by Gasteiger charge is -2.32. The van der Waals surface area contributed by atoms with Crippen LogP contribution in [0.1, 0.15) is 59.3 Å². The lowest BCUT2D eigenvalue weighted by atomic mass is 9.94. The van der Waals surface area contributed by atoms with Crippen molar-refractivity contribution in [2.45, 2.75) is 82.3 Å². The Balaban J connectivity index is 1.86. The molecule has 1 aliphatic rings. The molecule has 1 unspecified atom stereocenters. The zero-order valence-corrected chi connectivity index (χ0v) is 18.9. The molecule has 1 aromatic carbocycles. The van der Waals surface area contributed by atoms with Crippen molar-refractivity contribution in [3.63, 3.8) is 0 Å². The number of benzene rings is 1. The average Bonchev–Trinajstić information content (AvgIpc) is 2.72. The summed E-state index contributed by atoms with van der Waals surface area (Å²) in [7, 11) is 1.93. The number of fused-ring (bicyclic) bond motifs is 1. The van der Waals surface area contributed by atoms with E-state index < -0.39 is 0 Å². The first-order valence-electron chi connectivity index (χ1n) is 10.8. The van der Waals surface area contributed by atoms with E-state index in [2.05, 4.69) is 13.8 Å². The third-order valence-electron chi connectivity index (χ3n) is 5.86. The Hall–Kier alpha value is -1.82. The van der Waals surface area contributed by atoms with Crippen LogP contribution >= 0.6 is 11.8 Å². The largest absolute Gasteiger partial charge is 0.342 e. The highest BCUT2D eigenvalue weighted by Crippen LogP contribution is 2.27. The molecule has 3 rings (SSSR count). The lowest BCUT2D eigenvalue weighted by Crippen LogP contribution is -2.42. The van der Waals surface area contributed by atoms with Crippen molar-refractivity contribution >= 4 is 28.6 Å². The maximum Gasteiger partial charge on any atom is 0.262 e. The van der Waals surface area contributed by atoms with Crippen molar-refractivity contribution in [3.05, 3.63) is 34.6 Å². The van der Waals surface area contributed by atoms with Gasteiger partial charge in [0.2, 0.25) is 5.91 Å². The van der Waals surface area contributed by atoms with Crippen LogP contribution < -0.4 is 5.56 Å². The number of carbonyl (C=O) groups excluding carboxylic acids is 1. The molecule has 5 nitrogen and oxygen atoms in total. The van der Waals surface area contributed by atoms with E-state index in [1.807, 2.05) is 43.1 Å². The van der Waals surface area contributed by atoms with E-state index in [0.717, 1.165) is 19.3 Å². The minimum Gasteiger partial charge on any atom is -0.342 e. The highest BCUT2D eigenvalue weighted by atomic mass is 32.2. The van der Waals surface area contributed by atoms with Crippen LogP contribution in [0.25, 0.3) is 10.9 Å². The summed E-state index contributed by atoms with van der Waals surface area (Å²) < 4.78 is 1.76. The lowest BCUT2D eigenvalue weighted by molar-refractivity contribution is -0.131. The first-order chi connectivity index (χ1) is 13.9. The standard InChI is InChI=1S/C23H33N3O2S/c1-16(2)14-15-26-22(28)19-12-8-9-13-20(19)24-23(26)29-17(3)21(27)25(4)18-10-6-5-7-11-18/h8-9,12-13,16-18H,5-7,10-11,14-15H2,1-4H3. The summed E-state index contributed by atoms with van der Waals surface area (Å²) in [6.45, 7) is 6.85. The third-order valence-corrected chi connectivity index (χ3v) is 6.93. The third kappa shape index (κ3) is 5.21. The van der Waals surface area contributed by atoms with Gasteiger partial charge in [-0.05, 0) is 44.2 Å². The van der Waals surface area contributed by atoms with Gasteiger partial charge in [0.1, 0.15) is 0 Å². The van der Waals surface area contributed by atoms with Crippen molar-refractivity contribution in [1.29, 1.82) is 0 Å². The van der Waals surface area contributed by atoms with E-state index in [1.165, 1.54) is 31.0 Å². The number of thioether (sulfide) groups is 1. The summed E-state index contributed by atoms with van der Waals surface area (Å²) >= 11 is 1.41. The van der Waals surface area contributed by atoms with Crippen LogP contribution in [0.2, 0.25) is 0 Å². The van der Waals surface area contributed by atoms with Crippen molar-refractivity contribution in [1.82, 2.24) is 14.5 Å². The second-order valence-electron chi connectivity index (χ2n) is 8.55. The molecule has 1 aromatic heterocycles. The van der Waals surface area contributed by atoms with Crippen LogP contribution in [0, 0.1) is 5.92 Å². The minimum absolute atomic E-state index is 0.0148. The predicted molar refractivity (Wildman–Crippen MR) is 120 cm³/mol. The minimum atomic E-state index is -0.278. The van der Waals surface area contributed by atoms with Gasteiger partial charge < -0.3 is 4.90 Å². The number of amides is 1. The molecule has 1 saturated carbocycles. The van der Waals surface area contributed by atoms with Crippen molar-refractivity contribution in [2.75, 3.05) is 7.05 Å². The van der Waals surface area contributed by atoms with Crippen molar-refractivity contribution in [3.8, 4) is 0 Å². The first kappa shape index (κ1) is 21.9. The van der Waals surface area contributed by atoms with Gasteiger partial charge in [0, 0.05) is 19.6 Å². The summed E-state index contributed by atoms with van der Waals surface area (Å²) in [5, 5.41) is 1.01. The van der Waals surface area contributed by atoms with Gasteiger partial charge in [-0.2, -0.15) is 0 Å². The molecule has 1 aliphatic carbocycles. The molecule has 0 spiro atoms. The molecule has 0 radical (unpaired) electrons. The average molecular weight is 416 g/mol. The monoisotopic (exact) mass is 415 g/mol. The van der Waals surface area contributed by atoms with Gasteiger partial charge in [-0.3, -0.25) is 14.2 Å². The molecule has 0 N–H and O–H groups in total. The van der Waals surface area contributed by atoms with Gasteiger partial charge in [-0.1, -0.05) is 57.0 Å². The molecule has 0 aliphatic heterocycles. The maximum atomic E-state index is 13.1. The van der Waals surface area contributed by atoms with Crippen LogP contribution in [0.3, 0.4) is 0 Å². The number of para-hydroxylation sites is 1. The van der Waals surface area contributed by atoms with Gasteiger partial charge in [-0.25, -0.2) is 4.98 Å². The van der Waals surface area contributed by atoms with Crippen LogP contribution in [0.5, 0.6) is 0 Å². The number of aromatic nitrogens is 2. The summed E-state index contributed by atoms with van der Waals surface area (Å²) in [6.07, 6.45) is 6.75. The number of hydrogen-bond acceptors (Lipinski definition) is 4. The molecule has 0 saturated heterocycles. The maximum absolute atomic E-state index is 13.1. The Morgan fingerprint density at radius 2 is 1.90 bits per heavy atom. The molecule has 1 amide bonds. The highest BCUT2D eigenvalue weighted by molar-refractivity contribution is 8.00. The fourth-order valence-electron chi connectivity index (χ4n) is 3.97. The topological polar surface area (TPSA) is 55.2 Å². The Bertz CT molecular complexity index is 903. The molecule has 0 bridgehead atoms. The van der Waals surface area contributed by atoms with E-state index in [-0.39, 0.29) is 16.7 Å². The molecular formula is C23H33N3O2S. The summed E-state index contributed by atoms with van der Waals surface area (Å²) in [6, 6.07) is 7.81. The van der Waals surface area contributed by atoms with Crippen molar-refractivity contribution in [2.24, 2.45) is 5.92 Å². The van der Waals surface area contributed by atoms with E-state index >= 15 is 0 Å². The van der Waals surface area contributed by atoms with E-state index in [0.29, 0.717) is 34.6 Å². The second kappa shape index (κ2) is 9.79. The molecule has 2 aromatic rings. The first-order valence-corrected chi connectivity index (χ1v) is 11.7. The van der Waals surface area contributed by atoms with Gasteiger partial charge in [0.05, 0.1) is 16.2 Å². The zero-order chi connectivity index (χ0) is 21.0. The highest BCUT2D eigenvalue weighted by Gasteiger charge is 2.27. The number of hydrogen-bond donors (Lipinski definition) is 0. The van der Waals surface area contributed by atoms with Gasteiger partial charge in [0.25, 0.3) is 5.56 Å².